The lowest BCUT2D eigenvalue weighted by molar-refractivity contribution is -0.872. The molecule has 0 bridgehead atoms. The van der Waals surface area contributed by atoms with Crippen molar-refractivity contribution in [1.82, 2.24) is 0 Å². The van der Waals surface area contributed by atoms with Crippen molar-refractivity contribution in [1.29, 1.82) is 0 Å². The molecule has 0 aliphatic carbocycles. The van der Waals surface area contributed by atoms with E-state index in [9.17, 15) is 14.3 Å². The Kier molecular flexibility index (Phi) is 11.1. The van der Waals surface area contributed by atoms with Crippen molar-refractivity contribution >= 4 is 13.6 Å². The second-order valence-corrected chi connectivity index (χ2v) is 8.01. The lowest BCUT2D eigenvalue weighted by Crippen LogP contribution is -2.45. The summed E-state index contributed by atoms with van der Waals surface area (Å²) in [7, 11) is 0.649. The highest BCUT2D eigenvalue weighted by Crippen LogP contribution is 2.40. The van der Waals surface area contributed by atoms with Crippen molar-refractivity contribution in [2.24, 2.45) is 0 Å². The number of hydrogen-bond acceptors (Lipinski definition) is 8. The second-order valence-electron chi connectivity index (χ2n) is 6.64. The maximum atomic E-state index is 12.3. The van der Waals surface area contributed by atoms with Crippen LogP contribution in [-0.2, 0) is 23.3 Å². The molecule has 0 amide bonds. The van der Waals surface area contributed by atoms with Crippen LogP contribution in [0.1, 0.15) is 32.6 Å². The Morgan fingerprint density at radius 1 is 1.29 bits per heavy atom. The predicted molar refractivity (Wildman–Crippen MR) is 85.1 cm³/mol. The average molecular weight is 371 g/mol. The fourth-order valence-corrected chi connectivity index (χ4v) is 2.78. The zero-order valence-corrected chi connectivity index (χ0v) is 15.7. The van der Waals surface area contributed by atoms with Gasteiger partial charge in [-0.3, -0.25) is 14.6 Å². The Bertz CT molecular complexity index is 408. The first-order valence-electron chi connectivity index (χ1n) is 7.93. The van der Waals surface area contributed by atoms with Gasteiger partial charge in [0.15, 0.2) is 11.9 Å². The van der Waals surface area contributed by atoms with Crippen molar-refractivity contribution in [3.8, 4) is 0 Å². The van der Waals surface area contributed by atoms with Crippen LogP contribution in [-0.4, -0.2) is 73.7 Å². The van der Waals surface area contributed by atoms with Crippen LogP contribution in [0.2, 0.25) is 0 Å². The molecule has 0 saturated carbocycles. The molecule has 3 atom stereocenters. The molecular weight excluding hydrogens is 341 g/mol. The molecule has 0 radical (unpaired) electrons. The molecule has 10 heteroatoms. The van der Waals surface area contributed by atoms with Gasteiger partial charge in [-0.15, -0.1) is 0 Å². The van der Waals surface area contributed by atoms with Crippen LogP contribution < -0.4 is 4.89 Å². The summed E-state index contributed by atoms with van der Waals surface area (Å²) in [4.78, 5) is 28.0. The van der Waals surface area contributed by atoms with Crippen molar-refractivity contribution in [3.63, 3.8) is 0 Å². The summed E-state index contributed by atoms with van der Waals surface area (Å²) in [5.74, 6) is -0.298. The van der Waals surface area contributed by atoms with E-state index < -0.39 is 33.2 Å². The van der Waals surface area contributed by atoms with Gasteiger partial charge in [0, 0.05) is 6.42 Å². The Labute approximate surface area is 143 Å². The predicted octanol–water partition coefficient (Wildman–Crippen LogP) is 0.563. The molecule has 0 aliphatic heterocycles. The van der Waals surface area contributed by atoms with Crippen LogP contribution >= 0.6 is 7.82 Å². The third-order valence-electron chi connectivity index (χ3n) is 3.13. The highest BCUT2D eigenvalue weighted by atomic mass is 31.2. The summed E-state index contributed by atoms with van der Waals surface area (Å²) in [6, 6.07) is 0. The topological polar surface area (TPSA) is 125 Å². The highest BCUT2D eigenvalue weighted by Gasteiger charge is 2.30. The van der Waals surface area contributed by atoms with Crippen LogP contribution in [0.5, 0.6) is 0 Å². The third-order valence-corrected chi connectivity index (χ3v) is 4.10. The van der Waals surface area contributed by atoms with E-state index in [1.54, 1.807) is 0 Å². The number of carbonyl (C=O) groups excluding carboxylic acids is 1. The Hall–Kier alpha value is -0.380. The minimum absolute atomic E-state index is 0.167. The summed E-state index contributed by atoms with van der Waals surface area (Å²) in [5.41, 5.74) is 0. The van der Waals surface area contributed by atoms with Gasteiger partial charge in [-0.25, -0.2) is 4.89 Å². The van der Waals surface area contributed by atoms with Crippen LogP contribution in [0.25, 0.3) is 0 Å². The molecule has 0 aromatic heterocycles. The molecule has 0 heterocycles. The zero-order chi connectivity index (χ0) is 18.8. The average Bonchev–Trinajstić information content (AvgIpc) is 2.46. The van der Waals surface area contributed by atoms with Gasteiger partial charge in [-0.1, -0.05) is 19.8 Å². The maximum absolute atomic E-state index is 12.3. The van der Waals surface area contributed by atoms with Gasteiger partial charge in [0.25, 0.3) is 7.82 Å². The molecule has 0 rings (SSSR count). The van der Waals surface area contributed by atoms with Gasteiger partial charge in [0.2, 0.25) is 0 Å². The van der Waals surface area contributed by atoms with Gasteiger partial charge >= 0.3 is 0 Å². The number of likely N-dealkylation sites (N-methyl/N-ethyl adjacent to an activating group) is 1. The number of carbonyl (C=O) groups is 1. The fraction of sp³-hybridized carbons (Fsp3) is 0.929. The molecule has 0 fully saturated rings. The molecule has 0 spiro atoms. The first-order valence-corrected chi connectivity index (χ1v) is 9.39. The number of unbranched alkanes of at least 4 members (excludes halogenated alkanes) is 2. The summed E-state index contributed by atoms with van der Waals surface area (Å²) in [5, 5.41) is 17.2. The number of Topliss-reactive ketones (excluding diaryl/α,β-unsaturated/α-hetero) is 1. The SMILES string of the molecule is CCCCCC(=O)C(C[N+](C)(C)C)OP(=O)([O-])OC[C@@H](CO)OO. The second kappa shape index (κ2) is 11.3. The van der Waals surface area contributed by atoms with Crippen molar-refractivity contribution in [2.45, 2.75) is 44.8 Å². The van der Waals surface area contributed by atoms with E-state index in [4.69, 9.17) is 14.9 Å². The minimum Gasteiger partial charge on any atom is -0.756 e. The monoisotopic (exact) mass is 371 g/mol. The molecule has 0 saturated heterocycles. The van der Waals surface area contributed by atoms with E-state index in [1.165, 1.54) is 0 Å². The molecular formula is C14H30NO8P. The molecule has 2 unspecified atom stereocenters. The quantitative estimate of drug-likeness (QED) is 0.149. The number of ketones is 1. The number of aliphatic hydroxyl groups is 1. The van der Waals surface area contributed by atoms with Crippen LogP contribution in [0.4, 0.5) is 0 Å². The van der Waals surface area contributed by atoms with Crippen molar-refractivity contribution in [3.05, 3.63) is 0 Å². The Balaban J connectivity index is 4.82. The number of hydrogen-bond donors (Lipinski definition) is 2. The van der Waals surface area contributed by atoms with E-state index in [2.05, 4.69) is 9.41 Å². The van der Waals surface area contributed by atoms with Crippen LogP contribution in [0.3, 0.4) is 0 Å². The molecule has 24 heavy (non-hydrogen) atoms. The Morgan fingerprint density at radius 3 is 2.38 bits per heavy atom. The van der Waals surface area contributed by atoms with Crippen LogP contribution in [0.15, 0.2) is 0 Å². The van der Waals surface area contributed by atoms with E-state index in [0.29, 0.717) is 10.9 Å². The molecule has 9 nitrogen and oxygen atoms in total. The van der Waals surface area contributed by atoms with E-state index in [-0.39, 0.29) is 18.7 Å². The number of nitrogens with zero attached hydrogens (tertiary/aromatic N) is 1. The first kappa shape index (κ1) is 23.6. The molecule has 2 N–H and O–H groups in total. The molecule has 0 aromatic carbocycles. The summed E-state index contributed by atoms with van der Waals surface area (Å²) < 4.78 is 21.7. The summed E-state index contributed by atoms with van der Waals surface area (Å²) in [6.07, 6.45) is 0.362. The number of phosphoric ester groups is 1. The standard InChI is InChI=1S/C14H30NO8P/c1-5-6-7-8-13(17)14(9-15(2,3)4)23-24(19,20)21-11-12(10-16)22-18/h12,14,16H,5-11H2,1-4H3,(H-,18,19,20)/t12-,14?/m1/s1. The fourth-order valence-electron chi connectivity index (χ4n) is 1.88. The summed E-state index contributed by atoms with van der Waals surface area (Å²) in [6.45, 7) is 0.926. The van der Waals surface area contributed by atoms with Gasteiger partial charge in [-0.2, -0.15) is 0 Å². The van der Waals surface area contributed by atoms with Crippen molar-refractivity contribution in [2.75, 3.05) is 40.9 Å². The van der Waals surface area contributed by atoms with E-state index in [1.807, 2.05) is 28.1 Å². The lowest BCUT2D eigenvalue weighted by atomic mass is 10.1. The third kappa shape index (κ3) is 11.2. The number of rotatable bonds is 14. The first-order chi connectivity index (χ1) is 11.0. The van der Waals surface area contributed by atoms with E-state index >= 15 is 0 Å². The van der Waals surface area contributed by atoms with Crippen LogP contribution in [0, 0.1) is 0 Å². The number of phosphoric acid groups is 1. The van der Waals surface area contributed by atoms with Gasteiger partial charge < -0.3 is 23.5 Å². The largest absolute Gasteiger partial charge is 0.756 e. The minimum atomic E-state index is -4.79. The number of aliphatic hydroxyl groups excluding tert-OH is 1. The molecule has 0 aromatic rings. The number of quaternary nitrogens is 1. The smallest absolute Gasteiger partial charge is 0.268 e. The highest BCUT2D eigenvalue weighted by molar-refractivity contribution is 7.45. The lowest BCUT2D eigenvalue weighted by Gasteiger charge is -2.32. The van der Waals surface area contributed by atoms with Crippen molar-refractivity contribution < 1.29 is 43.0 Å². The molecule has 0 aliphatic rings. The normalized spacial score (nSPS) is 17.3. The zero-order valence-electron chi connectivity index (χ0n) is 14.8. The van der Waals surface area contributed by atoms with E-state index in [0.717, 1.165) is 12.8 Å². The van der Waals surface area contributed by atoms with Gasteiger partial charge in [0.1, 0.15) is 12.6 Å². The Morgan fingerprint density at radius 2 is 1.92 bits per heavy atom. The summed E-state index contributed by atoms with van der Waals surface area (Å²) >= 11 is 0. The van der Waals surface area contributed by atoms with Gasteiger partial charge in [0.05, 0.1) is 34.4 Å². The van der Waals surface area contributed by atoms with Gasteiger partial charge in [-0.05, 0) is 6.42 Å². The maximum Gasteiger partial charge on any atom is 0.268 e. The molecule has 144 valence electrons.